The molecule has 1 saturated carbocycles. The van der Waals surface area contributed by atoms with E-state index in [0.717, 1.165) is 18.1 Å². The number of hydrogen-bond acceptors (Lipinski definition) is 3. The van der Waals surface area contributed by atoms with Gasteiger partial charge in [-0.1, -0.05) is 6.42 Å². The highest BCUT2D eigenvalue weighted by molar-refractivity contribution is 4.90. The maximum atomic E-state index is 2.79. The molecule has 2 aliphatic rings. The minimum Gasteiger partial charge on any atom is -0.306 e. The molecule has 21 heavy (non-hydrogen) atoms. The fraction of sp³-hybridized carbons (Fsp3) is 1.00. The van der Waals surface area contributed by atoms with Crippen molar-refractivity contribution in [2.45, 2.75) is 83.0 Å². The smallest absolute Gasteiger partial charge is 0.0124 e. The number of hydrogen-bond donors (Lipinski definition) is 0. The lowest BCUT2D eigenvalue weighted by Gasteiger charge is -2.46. The predicted octanol–water partition coefficient (Wildman–Crippen LogP) is 3.05. The standard InChI is InChI=1S/C18H37N3/c1-18(2,3)20(6)16-8-7-9-17(14-16)21-12-10-15(11-13-21)19(4)5/h15-17H,7-14H2,1-6H3/t16-,17-/m1/s1. The lowest BCUT2D eigenvalue weighted by molar-refractivity contribution is 0.0344. The van der Waals surface area contributed by atoms with Crippen LogP contribution < -0.4 is 0 Å². The normalized spacial score (nSPS) is 30.3. The molecule has 1 heterocycles. The lowest BCUT2D eigenvalue weighted by atomic mass is 9.86. The SMILES string of the molecule is CN(C)C1CCN([C@@H]2CCC[C@@H](N(C)C(C)(C)C)C2)CC1. The molecule has 3 nitrogen and oxygen atoms in total. The third-order valence-corrected chi connectivity index (χ3v) is 5.97. The van der Waals surface area contributed by atoms with Crippen molar-refractivity contribution in [2.24, 2.45) is 0 Å². The van der Waals surface area contributed by atoms with E-state index in [1.807, 2.05) is 0 Å². The summed E-state index contributed by atoms with van der Waals surface area (Å²) in [6.45, 7) is 9.65. The van der Waals surface area contributed by atoms with E-state index in [-0.39, 0.29) is 0 Å². The van der Waals surface area contributed by atoms with Crippen LogP contribution >= 0.6 is 0 Å². The third-order valence-electron chi connectivity index (χ3n) is 5.97. The molecule has 0 spiro atoms. The van der Waals surface area contributed by atoms with Crippen LogP contribution in [0.1, 0.15) is 59.3 Å². The van der Waals surface area contributed by atoms with Gasteiger partial charge in [0.1, 0.15) is 0 Å². The number of nitrogens with zero attached hydrogens (tertiary/aromatic N) is 3. The first-order valence-electron chi connectivity index (χ1n) is 8.92. The number of likely N-dealkylation sites (tertiary alicyclic amines) is 1. The topological polar surface area (TPSA) is 9.72 Å². The second kappa shape index (κ2) is 6.97. The highest BCUT2D eigenvalue weighted by Crippen LogP contribution is 2.31. The van der Waals surface area contributed by atoms with E-state index < -0.39 is 0 Å². The maximum Gasteiger partial charge on any atom is 0.0124 e. The minimum absolute atomic E-state index is 0.296. The fourth-order valence-electron chi connectivity index (χ4n) is 4.14. The minimum atomic E-state index is 0.296. The van der Waals surface area contributed by atoms with Crippen LogP contribution in [0.5, 0.6) is 0 Å². The van der Waals surface area contributed by atoms with E-state index in [9.17, 15) is 0 Å². The molecule has 0 radical (unpaired) electrons. The van der Waals surface area contributed by atoms with Crippen LogP contribution in [0.25, 0.3) is 0 Å². The van der Waals surface area contributed by atoms with Gasteiger partial charge in [0.25, 0.3) is 0 Å². The number of rotatable bonds is 3. The molecule has 2 rings (SSSR count). The second-order valence-electron chi connectivity index (χ2n) is 8.49. The first kappa shape index (κ1) is 17.2. The van der Waals surface area contributed by atoms with Gasteiger partial charge < -0.3 is 9.80 Å². The largest absolute Gasteiger partial charge is 0.306 e. The summed E-state index contributed by atoms with van der Waals surface area (Å²) in [5, 5.41) is 0. The summed E-state index contributed by atoms with van der Waals surface area (Å²) < 4.78 is 0. The van der Waals surface area contributed by atoms with Crippen LogP contribution in [0.3, 0.4) is 0 Å². The molecule has 0 N–H and O–H groups in total. The molecule has 0 unspecified atom stereocenters. The maximum absolute atomic E-state index is 2.79. The van der Waals surface area contributed by atoms with Crippen molar-refractivity contribution in [1.29, 1.82) is 0 Å². The molecular weight excluding hydrogens is 258 g/mol. The van der Waals surface area contributed by atoms with Crippen LogP contribution in [-0.4, -0.2) is 72.6 Å². The van der Waals surface area contributed by atoms with E-state index in [1.165, 1.54) is 51.6 Å². The predicted molar refractivity (Wildman–Crippen MR) is 91.8 cm³/mol. The Morgan fingerprint density at radius 1 is 0.857 bits per heavy atom. The van der Waals surface area contributed by atoms with E-state index in [0.29, 0.717) is 5.54 Å². The molecule has 0 bridgehead atoms. The average Bonchev–Trinajstić information content (AvgIpc) is 2.45. The number of piperidine rings is 1. The van der Waals surface area contributed by atoms with Gasteiger partial charge in [-0.2, -0.15) is 0 Å². The van der Waals surface area contributed by atoms with Gasteiger partial charge in [0.2, 0.25) is 0 Å². The zero-order valence-electron chi connectivity index (χ0n) is 15.2. The van der Waals surface area contributed by atoms with Crippen molar-refractivity contribution in [1.82, 2.24) is 14.7 Å². The van der Waals surface area contributed by atoms with Crippen LogP contribution in [0.2, 0.25) is 0 Å². The molecule has 0 aromatic rings. The quantitative estimate of drug-likeness (QED) is 0.792. The molecular formula is C18H37N3. The summed E-state index contributed by atoms with van der Waals surface area (Å²) >= 11 is 0. The highest BCUT2D eigenvalue weighted by Gasteiger charge is 2.34. The summed E-state index contributed by atoms with van der Waals surface area (Å²) in [4.78, 5) is 7.82. The average molecular weight is 296 g/mol. The van der Waals surface area contributed by atoms with Crippen molar-refractivity contribution >= 4 is 0 Å². The van der Waals surface area contributed by atoms with Crippen molar-refractivity contribution in [3.63, 3.8) is 0 Å². The van der Waals surface area contributed by atoms with Gasteiger partial charge in [-0.3, -0.25) is 4.90 Å². The first-order chi connectivity index (χ1) is 9.79. The van der Waals surface area contributed by atoms with Crippen molar-refractivity contribution in [2.75, 3.05) is 34.2 Å². The molecule has 3 heteroatoms. The Bertz CT molecular complexity index is 313. The molecule has 1 saturated heterocycles. The molecule has 2 fully saturated rings. The Hall–Kier alpha value is -0.120. The van der Waals surface area contributed by atoms with Crippen LogP contribution in [0, 0.1) is 0 Å². The van der Waals surface area contributed by atoms with Crippen molar-refractivity contribution in [3.8, 4) is 0 Å². The van der Waals surface area contributed by atoms with Gasteiger partial charge >= 0.3 is 0 Å². The van der Waals surface area contributed by atoms with E-state index in [2.05, 4.69) is 56.6 Å². The molecule has 0 aromatic carbocycles. The second-order valence-corrected chi connectivity index (χ2v) is 8.49. The van der Waals surface area contributed by atoms with Crippen LogP contribution in [0.4, 0.5) is 0 Å². The van der Waals surface area contributed by atoms with Crippen molar-refractivity contribution in [3.05, 3.63) is 0 Å². The van der Waals surface area contributed by atoms with Gasteiger partial charge in [0.05, 0.1) is 0 Å². The van der Waals surface area contributed by atoms with Gasteiger partial charge in [-0.05, 0) is 87.1 Å². The summed E-state index contributed by atoms with van der Waals surface area (Å²) in [5.41, 5.74) is 0.296. The first-order valence-corrected chi connectivity index (χ1v) is 8.92. The van der Waals surface area contributed by atoms with Crippen molar-refractivity contribution < 1.29 is 0 Å². The summed E-state index contributed by atoms with van der Waals surface area (Å²) in [6.07, 6.45) is 8.29. The molecule has 1 aliphatic carbocycles. The Labute approximate surface area is 132 Å². The Morgan fingerprint density at radius 3 is 2.00 bits per heavy atom. The van der Waals surface area contributed by atoms with Gasteiger partial charge in [0.15, 0.2) is 0 Å². The van der Waals surface area contributed by atoms with E-state index in [4.69, 9.17) is 0 Å². The molecule has 2 atom stereocenters. The summed E-state index contributed by atoms with van der Waals surface area (Å²) in [7, 11) is 6.79. The molecule has 1 aliphatic heterocycles. The van der Waals surface area contributed by atoms with E-state index >= 15 is 0 Å². The highest BCUT2D eigenvalue weighted by atomic mass is 15.2. The third kappa shape index (κ3) is 4.43. The molecule has 124 valence electrons. The summed E-state index contributed by atoms with van der Waals surface area (Å²) in [5.74, 6) is 0. The summed E-state index contributed by atoms with van der Waals surface area (Å²) in [6, 6.07) is 2.41. The molecule has 0 aromatic heterocycles. The zero-order valence-corrected chi connectivity index (χ0v) is 15.2. The van der Waals surface area contributed by atoms with Crippen LogP contribution in [0.15, 0.2) is 0 Å². The Balaban J connectivity index is 1.87. The Kier molecular flexibility index (Phi) is 5.72. The monoisotopic (exact) mass is 295 g/mol. The molecule has 0 amide bonds. The van der Waals surface area contributed by atoms with Crippen LogP contribution in [-0.2, 0) is 0 Å². The Morgan fingerprint density at radius 2 is 1.48 bits per heavy atom. The van der Waals surface area contributed by atoms with E-state index in [1.54, 1.807) is 0 Å². The fourth-order valence-corrected chi connectivity index (χ4v) is 4.14. The lowest BCUT2D eigenvalue weighted by Crippen LogP contribution is -2.52. The zero-order chi connectivity index (χ0) is 15.6. The van der Waals surface area contributed by atoms with Gasteiger partial charge in [-0.25, -0.2) is 0 Å². The van der Waals surface area contributed by atoms with Gasteiger partial charge in [-0.15, -0.1) is 0 Å². The van der Waals surface area contributed by atoms with Gasteiger partial charge in [0, 0.05) is 23.7 Å².